The zero-order valence-electron chi connectivity index (χ0n) is 14.0. The normalized spacial score (nSPS) is 18.8. The number of aromatic nitrogens is 1. The van der Waals surface area contributed by atoms with Crippen LogP contribution < -0.4 is 5.56 Å². The molecular weight excluding hydrogens is 346 g/mol. The van der Waals surface area contributed by atoms with Crippen LogP contribution in [0.15, 0.2) is 39.5 Å². The van der Waals surface area contributed by atoms with Crippen molar-refractivity contribution < 1.29 is 8.42 Å². The van der Waals surface area contributed by atoms with Gasteiger partial charge in [-0.15, -0.1) is 11.3 Å². The Morgan fingerprint density at radius 2 is 2.04 bits per heavy atom. The minimum atomic E-state index is -3.55. The van der Waals surface area contributed by atoms with E-state index >= 15 is 0 Å². The average Bonchev–Trinajstić information content (AvgIpc) is 3.01. The third-order valence-corrected chi connectivity index (χ3v) is 7.27. The van der Waals surface area contributed by atoms with Crippen LogP contribution in [0.4, 0.5) is 0 Å². The molecule has 3 rings (SSSR count). The number of pyridine rings is 1. The van der Waals surface area contributed by atoms with Gasteiger partial charge >= 0.3 is 0 Å². The van der Waals surface area contributed by atoms with Gasteiger partial charge in [0.15, 0.2) is 0 Å². The summed E-state index contributed by atoms with van der Waals surface area (Å²) in [5, 5.41) is 2.10. The Morgan fingerprint density at radius 3 is 2.75 bits per heavy atom. The molecule has 6 nitrogen and oxygen atoms in total. The summed E-state index contributed by atoms with van der Waals surface area (Å²) in [7, 11) is -0.590. The van der Waals surface area contributed by atoms with Gasteiger partial charge in [0.1, 0.15) is 0 Å². The molecule has 0 saturated heterocycles. The van der Waals surface area contributed by atoms with E-state index in [9.17, 15) is 13.2 Å². The van der Waals surface area contributed by atoms with Crippen molar-refractivity contribution in [1.29, 1.82) is 0 Å². The Hall–Kier alpha value is -1.48. The third-order valence-electron chi connectivity index (χ3n) is 4.47. The number of thiophene rings is 1. The van der Waals surface area contributed by atoms with Crippen molar-refractivity contribution in [3.05, 3.63) is 50.6 Å². The van der Waals surface area contributed by atoms with Crippen LogP contribution in [0.2, 0.25) is 0 Å². The summed E-state index contributed by atoms with van der Waals surface area (Å²) in [6, 6.07) is 5.03. The first-order valence-corrected chi connectivity index (χ1v) is 10.1. The zero-order chi connectivity index (χ0) is 17.5. The number of hydrogen-bond donors (Lipinski definition) is 0. The Kier molecular flexibility index (Phi) is 4.65. The Labute approximate surface area is 146 Å². The largest absolute Gasteiger partial charge is 0.301 e. The van der Waals surface area contributed by atoms with Crippen molar-refractivity contribution in [3.63, 3.8) is 0 Å². The SMILES string of the molecule is C[C@@H]1c2ccsc2CCN1Cn1cc(S(=O)(=O)N(C)C)ccc1=O. The van der Waals surface area contributed by atoms with Crippen LogP contribution in [-0.4, -0.2) is 42.8 Å². The van der Waals surface area contributed by atoms with Gasteiger partial charge in [0, 0.05) is 43.8 Å². The topological polar surface area (TPSA) is 62.6 Å². The fourth-order valence-electron chi connectivity index (χ4n) is 2.93. The summed E-state index contributed by atoms with van der Waals surface area (Å²) in [6.45, 7) is 3.36. The van der Waals surface area contributed by atoms with E-state index in [0.29, 0.717) is 6.67 Å². The minimum Gasteiger partial charge on any atom is -0.301 e. The van der Waals surface area contributed by atoms with E-state index in [1.54, 1.807) is 11.3 Å². The highest BCUT2D eigenvalue weighted by Crippen LogP contribution is 2.32. The molecule has 0 amide bonds. The van der Waals surface area contributed by atoms with Crippen molar-refractivity contribution in [3.8, 4) is 0 Å². The first kappa shape index (κ1) is 17.3. The van der Waals surface area contributed by atoms with Gasteiger partial charge < -0.3 is 4.57 Å². The Bertz CT molecular complexity index is 899. The fourth-order valence-corrected chi connectivity index (χ4v) is 4.82. The average molecular weight is 367 g/mol. The van der Waals surface area contributed by atoms with E-state index in [1.807, 2.05) is 0 Å². The van der Waals surface area contributed by atoms with Gasteiger partial charge in [-0.25, -0.2) is 12.7 Å². The first-order chi connectivity index (χ1) is 11.3. The lowest BCUT2D eigenvalue weighted by atomic mass is 10.0. The molecule has 0 aromatic carbocycles. The van der Waals surface area contributed by atoms with Crippen molar-refractivity contribution in [1.82, 2.24) is 13.8 Å². The monoisotopic (exact) mass is 367 g/mol. The van der Waals surface area contributed by atoms with Crippen molar-refractivity contribution in [2.75, 3.05) is 20.6 Å². The summed E-state index contributed by atoms with van der Waals surface area (Å²) in [5.41, 5.74) is 1.10. The van der Waals surface area contributed by atoms with Gasteiger partial charge in [-0.3, -0.25) is 9.69 Å². The maximum atomic E-state index is 12.3. The summed E-state index contributed by atoms with van der Waals surface area (Å²) in [5.74, 6) is 0. The lowest BCUT2D eigenvalue weighted by Gasteiger charge is -2.33. The van der Waals surface area contributed by atoms with Gasteiger partial charge in [0.2, 0.25) is 10.0 Å². The second kappa shape index (κ2) is 6.44. The molecule has 2 aromatic rings. The highest BCUT2D eigenvalue weighted by Gasteiger charge is 2.25. The van der Waals surface area contributed by atoms with E-state index in [-0.39, 0.29) is 16.5 Å². The highest BCUT2D eigenvalue weighted by atomic mass is 32.2. The molecule has 2 aromatic heterocycles. The lowest BCUT2D eigenvalue weighted by molar-refractivity contribution is 0.151. The molecule has 0 fully saturated rings. The number of fused-ring (bicyclic) bond motifs is 1. The second-order valence-electron chi connectivity index (χ2n) is 6.14. The number of sulfonamides is 1. The Morgan fingerprint density at radius 1 is 1.29 bits per heavy atom. The molecule has 0 spiro atoms. The molecule has 24 heavy (non-hydrogen) atoms. The summed E-state index contributed by atoms with van der Waals surface area (Å²) >= 11 is 1.77. The van der Waals surface area contributed by atoms with Gasteiger partial charge in [0.05, 0.1) is 11.6 Å². The van der Waals surface area contributed by atoms with E-state index in [4.69, 9.17) is 0 Å². The fraction of sp³-hybridized carbons (Fsp3) is 0.438. The quantitative estimate of drug-likeness (QED) is 0.826. The smallest absolute Gasteiger partial charge is 0.251 e. The molecule has 0 saturated carbocycles. The minimum absolute atomic E-state index is 0.132. The van der Waals surface area contributed by atoms with Crippen LogP contribution >= 0.6 is 11.3 Å². The van der Waals surface area contributed by atoms with E-state index in [2.05, 4.69) is 23.3 Å². The van der Waals surface area contributed by atoms with E-state index in [1.165, 1.54) is 47.4 Å². The number of nitrogens with zero attached hydrogens (tertiary/aromatic N) is 3. The number of hydrogen-bond acceptors (Lipinski definition) is 5. The molecule has 0 unspecified atom stereocenters. The van der Waals surface area contributed by atoms with Gasteiger partial charge in [-0.1, -0.05) is 0 Å². The summed E-state index contributed by atoms with van der Waals surface area (Å²) < 4.78 is 27.2. The highest BCUT2D eigenvalue weighted by molar-refractivity contribution is 7.89. The van der Waals surface area contributed by atoms with Gasteiger partial charge in [-0.05, 0) is 36.4 Å². The van der Waals surface area contributed by atoms with Crippen LogP contribution in [0.3, 0.4) is 0 Å². The molecule has 0 radical (unpaired) electrons. The summed E-state index contributed by atoms with van der Waals surface area (Å²) in [6.07, 6.45) is 2.40. The first-order valence-electron chi connectivity index (χ1n) is 7.74. The Balaban J connectivity index is 1.90. The lowest BCUT2D eigenvalue weighted by Crippen LogP contribution is -2.38. The molecule has 1 atom stereocenters. The van der Waals surface area contributed by atoms with Gasteiger partial charge in [-0.2, -0.15) is 0 Å². The molecule has 0 aliphatic carbocycles. The molecule has 0 bridgehead atoms. The molecule has 3 heterocycles. The van der Waals surface area contributed by atoms with Crippen molar-refractivity contribution in [2.24, 2.45) is 0 Å². The molecule has 1 aliphatic rings. The third kappa shape index (κ3) is 3.06. The van der Waals surface area contributed by atoms with Gasteiger partial charge in [0.25, 0.3) is 5.56 Å². The standard InChI is InChI=1S/C16H21N3O3S2/c1-12-14-7-9-23-15(14)6-8-18(12)11-19-10-13(4-5-16(19)20)24(21,22)17(2)3/h4-5,7,9-10,12H,6,8,11H2,1-3H3/t12-/m1/s1. The number of rotatable bonds is 4. The van der Waals surface area contributed by atoms with Crippen LogP contribution in [0.25, 0.3) is 0 Å². The summed E-state index contributed by atoms with van der Waals surface area (Å²) in [4.78, 5) is 15.9. The van der Waals surface area contributed by atoms with Crippen molar-refractivity contribution in [2.45, 2.75) is 31.0 Å². The molecular formula is C16H21N3O3S2. The molecule has 130 valence electrons. The van der Waals surface area contributed by atoms with Crippen molar-refractivity contribution >= 4 is 21.4 Å². The molecule has 0 N–H and O–H groups in total. The van der Waals surface area contributed by atoms with Crippen LogP contribution in [0.5, 0.6) is 0 Å². The molecule has 8 heteroatoms. The molecule has 1 aliphatic heterocycles. The zero-order valence-corrected chi connectivity index (χ0v) is 15.6. The van der Waals surface area contributed by atoms with Crippen LogP contribution in [0, 0.1) is 0 Å². The maximum Gasteiger partial charge on any atom is 0.251 e. The van der Waals surface area contributed by atoms with E-state index < -0.39 is 10.0 Å². The predicted molar refractivity (Wildman–Crippen MR) is 94.7 cm³/mol. The van der Waals surface area contributed by atoms with E-state index in [0.717, 1.165) is 17.3 Å². The predicted octanol–water partition coefficient (Wildman–Crippen LogP) is 1.74. The maximum absolute atomic E-state index is 12.3. The van der Waals surface area contributed by atoms with Crippen LogP contribution in [-0.2, 0) is 23.1 Å². The second-order valence-corrected chi connectivity index (χ2v) is 9.29. The van der Waals surface area contributed by atoms with Crippen LogP contribution in [0.1, 0.15) is 23.4 Å².